The minimum Gasteiger partial charge on any atom is -0.383 e. The van der Waals surface area contributed by atoms with Crippen LogP contribution in [0.4, 0.5) is 5.69 Å². The Balaban J connectivity index is 1.82. The zero-order valence-corrected chi connectivity index (χ0v) is 9.31. The minimum absolute atomic E-state index is 0.848. The lowest BCUT2D eigenvalue weighted by Gasteiger charge is -2.10. The van der Waals surface area contributed by atoms with Gasteiger partial charge in [-0.05, 0) is 42.9 Å². The molecule has 0 radical (unpaired) electrons. The number of aryl methyl sites for hydroxylation is 1. The summed E-state index contributed by atoms with van der Waals surface area (Å²) in [6.45, 7) is 3.11. The Morgan fingerprint density at radius 3 is 3.14 bits per heavy atom. The second kappa shape index (κ2) is 4.69. The molecule has 1 unspecified atom stereocenters. The summed E-state index contributed by atoms with van der Waals surface area (Å²) in [6, 6.07) is 4.15. The van der Waals surface area contributed by atoms with Crippen molar-refractivity contribution < 1.29 is 0 Å². The number of rotatable bonds is 3. The molecule has 76 valence electrons. The molecule has 2 heterocycles. The Morgan fingerprint density at radius 1 is 1.57 bits per heavy atom. The lowest BCUT2D eigenvalue weighted by Crippen LogP contribution is -2.13. The van der Waals surface area contributed by atoms with E-state index in [9.17, 15) is 0 Å². The van der Waals surface area contributed by atoms with Gasteiger partial charge in [0.2, 0.25) is 0 Å². The van der Waals surface area contributed by atoms with Crippen LogP contribution in [0, 0.1) is 12.8 Å². The fourth-order valence-corrected chi connectivity index (χ4v) is 2.86. The molecule has 1 aliphatic rings. The van der Waals surface area contributed by atoms with E-state index in [1.54, 1.807) is 0 Å². The van der Waals surface area contributed by atoms with Gasteiger partial charge in [0.25, 0.3) is 0 Å². The molecule has 0 aliphatic carbocycles. The van der Waals surface area contributed by atoms with Crippen molar-refractivity contribution in [1.29, 1.82) is 0 Å². The summed E-state index contributed by atoms with van der Waals surface area (Å²) in [7, 11) is 0. The maximum absolute atomic E-state index is 4.26. The smallest absolute Gasteiger partial charge is 0.0527 e. The van der Waals surface area contributed by atoms with Gasteiger partial charge in [-0.15, -0.1) is 0 Å². The summed E-state index contributed by atoms with van der Waals surface area (Å²) in [6.07, 6.45) is 3.27. The maximum atomic E-state index is 4.26. The molecule has 14 heavy (non-hydrogen) atoms. The van der Waals surface area contributed by atoms with Gasteiger partial charge >= 0.3 is 0 Å². The number of nitrogens with zero attached hydrogens (tertiary/aromatic N) is 1. The number of aromatic nitrogens is 1. The predicted octanol–water partition coefficient (Wildman–Crippen LogP) is 2.56. The van der Waals surface area contributed by atoms with Crippen molar-refractivity contribution in [3.63, 3.8) is 0 Å². The molecule has 2 rings (SSSR count). The fraction of sp³-hybridized carbons (Fsp3) is 0.545. The normalized spacial score (nSPS) is 21.1. The Kier molecular flexibility index (Phi) is 3.30. The average molecular weight is 208 g/mol. The molecule has 1 aromatic heterocycles. The molecule has 0 saturated carbocycles. The van der Waals surface area contributed by atoms with Gasteiger partial charge in [0, 0.05) is 12.2 Å². The minimum atomic E-state index is 0.848. The van der Waals surface area contributed by atoms with Gasteiger partial charge in [-0.25, -0.2) is 0 Å². The summed E-state index contributed by atoms with van der Waals surface area (Å²) >= 11 is 2.06. The summed E-state index contributed by atoms with van der Waals surface area (Å²) < 4.78 is 0. The van der Waals surface area contributed by atoms with Gasteiger partial charge in [-0.2, -0.15) is 11.8 Å². The highest BCUT2D eigenvalue weighted by molar-refractivity contribution is 7.99. The average Bonchev–Trinajstić information content (AvgIpc) is 2.70. The molecule has 1 fully saturated rings. The Hall–Kier alpha value is -0.700. The zero-order valence-electron chi connectivity index (χ0n) is 8.49. The topological polar surface area (TPSA) is 24.9 Å². The van der Waals surface area contributed by atoms with E-state index in [1.165, 1.54) is 17.9 Å². The second-order valence-corrected chi connectivity index (χ2v) is 4.95. The van der Waals surface area contributed by atoms with Gasteiger partial charge in [-0.1, -0.05) is 0 Å². The lowest BCUT2D eigenvalue weighted by molar-refractivity contribution is 0.631. The third kappa shape index (κ3) is 2.64. The molecule has 0 aromatic carbocycles. The first-order valence-electron chi connectivity index (χ1n) is 5.09. The van der Waals surface area contributed by atoms with Crippen LogP contribution in [0.3, 0.4) is 0 Å². The van der Waals surface area contributed by atoms with Crippen LogP contribution in [0.15, 0.2) is 18.3 Å². The highest BCUT2D eigenvalue weighted by atomic mass is 32.2. The van der Waals surface area contributed by atoms with Crippen LogP contribution >= 0.6 is 11.8 Å². The summed E-state index contributed by atoms with van der Waals surface area (Å²) in [4.78, 5) is 4.26. The van der Waals surface area contributed by atoms with Gasteiger partial charge in [0.1, 0.15) is 0 Å². The van der Waals surface area contributed by atoms with Gasteiger partial charge < -0.3 is 5.32 Å². The van der Waals surface area contributed by atoms with Crippen molar-refractivity contribution in [1.82, 2.24) is 4.98 Å². The number of thioether (sulfide) groups is 1. The third-order valence-electron chi connectivity index (χ3n) is 2.53. The van der Waals surface area contributed by atoms with E-state index in [-0.39, 0.29) is 0 Å². The lowest BCUT2D eigenvalue weighted by atomic mass is 10.1. The molecule has 1 N–H and O–H groups in total. The van der Waals surface area contributed by atoms with Crippen molar-refractivity contribution in [3.05, 3.63) is 24.0 Å². The first kappa shape index (κ1) is 9.84. The van der Waals surface area contributed by atoms with E-state index in [1.807, 2.05) is 19.2 Å². The fourth-order valence-electron chi connectivity index (χ4n) is 1.58. The number of hydrogen-bond acceptors (Lipinski definition) is 3. The van der Waals surface area contributed by atoms with Crippen molar-refractivity contribution in [2.75, 3.05) is 23.4 Å². The largest absolute Gasteiger partial charge is 0.383 e. The number of pyridine rings is 1. The molecule has 0 amide bonds. The first-order valence-corrected chi connectivity index (χ1v) is 6.24. The van der Waals surface area contributed by atoms with E-state index in [0.29, 0.717) is 0 Å². The molecule has 2 nitrogen and oxygen atoms in total. The van der Waals surface area contributed by atoms with Gasteiger partial charge in [-0.3, -0.25) is 4.98 Å². The quantitative estimate of drug-likeness (QED) is 0.826. The monoisotopic (exact) mass is 208 g/mol. The predicted molar refractivity (Wildman–Crippen MR) is 62.9 cm³/mol. The van der Waals surface area contributed by atoms with Crippen LogP contribution < -0.4 is 5.32 Å². The number of anilines is 1. The molecule has 3 heteroatoms. The van der Waals surface area contributed by atoms with E-state index in [4.69, 9.17) is 0 Å². The Bertz CT molecular complexity index is 278. The van der Waals surface area contributed by atoms with E-state index in [0.717, 1.165) is 23.8 Å². The van der Waals surface area contributed by atoms with Crippen molar-refractivity contribution in [2.45, 2.75) is 13.3 Å². The molecule has 0 bridgehead atoms. The summed E-state index contributed by atoms with van der Waals surface area (Å²) in [5.41, 5.74) is 2.22. The van der Waals surface area contributed by atoms with Crippen molar-refractivity contribution in [3.8, 4) is 0 Å². The van der Waals surface area contributed by atoms with Crippen molar-refractivity contribution >= 4 is 17.4 Å². The van der Waals surface area contributed by atoms with E-state index in [2.05, 4.69) is 28.1 Å². The Labute approximate surface area is 89.5 Å². The van der Waals surface area contributed by atoms with E-state index >= 15 is 0 Å². The summed E-state index contributed by atoms with van der Waals surface area (Å²) in [5, 5.41) is 3.44. The number of hydrogen-bond donors (Lipinski definition) is 1. The SMILES string of the molecule is Cc1ccc(NCC2CCSC2)cn1. The molecule has 1 saturated heterocycles. The van der Waals surface area contributed by atoms with Crippen LogP contribution in [-0.4, -0.2) is 23.0 Å². The molecular weight excluding hydrogens is 192 g/mol. The van der Waals surface area contributed by atoms with Crippen LogP contribution in [-0.2, 0) is 0 Å². The molecule has 1 atom stereocenters. The standard InChI is InChI=1S/C11H16N2S/c1-9-2-3-11(7-12-9)13-6-10-4-5-14-8-10/h2-3,7,10,13H,4-6,8H2,1H3. The van der Waals surface area contributed by atoms with E-state index < -0.39 is 0 Å². The number of nitrogens with one attached hydrogen (secondary N) is 1. The van der Waals surface area contributed by atoms with Crippen molar-refractivity contribution in [2.24, 2.45) is 5.92 Å². The summed E-state index contributed by atoms with van der Waals surface area (Å²) in [5.74, 6) is 3.49. The highest BCUT2D eigenvalue weighted by Crippen LogP contribution is 2.23. The molecule has 0 spiro atoms. The molecule has 1 aliphatic heterocycles. The zero-order chi connectivity index (χ0) is 9.80. The van der Waals surface area contributed by atoms with Crippen LogP contribution in [0.25, 0.3) is 0 Å². The Morgan fingerprint density at radius 2 is 2.50 bits per heavy atom. The molecule has 1 aromatic rings. The van der Waals surface area contributed by atoms with Crippen LogP contribution in [0.1, 0.15) is 12.1 Å². The second-order valence-electron chi connectivity index (χ2n) is 3.80. The van der Waals surface area contributed by atoms with Gasteiger partial charge in [0.15, 0.2) is 0 Å². The highest BCUT2D eigenvalue weighted by Gasteiger charge is 2.14. The first-order chi connectivity index (χ1) is 6.84. The van der Waals surface area contributed by atoms with Crippen LogP contribution in [0.5, 0.6) is 0 Å². The maximum Gasteiger partial charge on any atom is 0.0527 e. The van der Waals surface area contributed by atoms with Crippen LogP contribution in [0.2, 0.25) is 0 Å². The van der Waals surface area contributed by atoms with Gasteiger partial charge in [0.05, 0.1) is 11.9 Å². The molecular formula is C11H16N2S. The third-order valence-corrected chi connectivity index (χ3v) is 3.76.